The predicted octanol–water partition coefficient (Wildman–Crippen LogP) is 2.54. The molecule has 2 rings (SSSR count). The van der Waals surface area contributed by atoms with Crippen molar-refractivity contribution in [2.75, 3.05) is 11.5 Å². The van der Waals surface area contributed by atoms with Gasteiger partial charge in [0, 0.05) is 0 Å². The first-order valence-corrected chi connectivity index (χ1v) is 17.1. The average Bonchev–Trinajstić information content (AvgIpc) is 2.82. The lowest BCUT2D eigenvalue weighted by molar-refractivity contribution is 0.00380. The highest BCUT2D eigenvalue weighted by Crippen LogP contribution is 2.25. The van der Waals surface area contributed by atoms with E-state index in [9.17, 15) is 39.2 Å². The molecule has 0 heterocycles. The maximum atomic E-state index is 12.9. The van der Waals surface area contributed by atoms with E-state index in [2.05, 4.69) is 4.79 Å². The molecule has 0 saturated heterocycles. The van der Waals surface area contributed by atoms with Crippen LogP contribution in [0.15, 0.2) is 58.3 Å². The van der Waals surface area contributed by atoms with Gasteiger partial charge in [0.1, 0.15) is 11.5 Å². The number of unbranched alkanes of at least 4 members (excludes halogenated alkanes) is 2. The van der Waals surface area contributed by atoms with Crippen LogP contribution in [-0.2, 0) is 39.9 Å². The SMILES string of the molecule is CCCCS(=O)(=O)Oc1ccc(S(=O)(=O)C(=[N+]=[N-])S(=O)(=O)c2ccc(OS(=O)(=O)CCCC)cc2)cc1. The first kappa shape index (κ1) is 30.4. The van der Waals surface area contributed by atoms with Gasteiger partial charge in [0.15, 0.2) is 0 Å². The fourth-order valence-electron chi connectivity index (χ4n) is 2.82. The molecular weight excluding hydrogens is 569 g/mol. The summed E-state index contributed by atoms with van der Waals surface area (Å²) in [4.78, 5) is 1.29. The van der Waals surface area contributed by atoms with Gasteiger partial charge in [0.05, 0.1) is 21.3 Å². The van der Waals surface area contributed by atoms with E-state index in [4.69, 9.17) is 8.37 Å². The van der Waals surface area contributed by atoms with Crippen molar-refractivity contribution < 1.29 is 46.8 Å². The van der Waals surface area contributed by atoms with Crippen LogP contribution in [0.5, 0.6) is 11.5 Å². The summed E-state index contributed by atoms with van der Waals surface area (Å²) in [6.07, 6.45) is 1.96. The maximum absolute atomic E-state index is 12.9. The van der Waals surface area contributed by atoms with Crippen molar-refractivity contribution in [3.8, 4) is 11.5 Å². The van der Waals surface area contributed by atoms with Crippen LogP contribution < -0.4 is 8.37 Å². The van der Waals surface area contributed by atoms with Gasteiger partial charge in [0.25, 0.3) is 19.7 Å². The first-order valence-electron chi connectivity index (χ1n) is 10.9. The highest BCUT2D eigenvalue weighted by Gasteiger charge is 2.44. The summed E-state index contributed by atoms with van der Waals surface area (Å²) in [5, 5.41) is 0. The summed E-state index contributed by atoms with van der Waals surface area (Å²) in [6.45, 7) is 3.59. The van der Waals surface area contributed by atoms with Crippen LogP contribution in [0.3, 0.4) is 0 Å². The summed E-state index contributed by atoms with van der Waals surface area (Å²) < 4.78 is 108. The molecule has 204 valence electrons. The third-order valence-corrected chi connectivity index (χ3v) is 11.4. The zero-order chi connectivity index (χ0) is 27.9. The van der Waals surface area contributed by atoms with Gasteiger partial charge in [-0.3, -0.25) is 0 Å². The quantitative estimate of drug-likeness (QED) is 0.116. The standard InChI is InChI=1S/C21H26N2O10S4/c1-3-5-15-34(24,25)32-17-7-11-19(12-8-17)36(28,29)21(23-22)37(30,31)20-13-9-18(10-14-20)33-35(26,27)16-6-4-2/h7-14H,3-6,15-16H2,1-2H3. The van der Waals surface area contributed by atoms with Crippen LogP contribution in [0.2, 0.25) is 0 Å². The van der Waals surface area contributed by atoms with Crippen molar-refractivity contribution in [1.82, 2.24) is 0 Å². The van der Waals surface area contributed by atoms with Crippen molar-refractivity contribution in [1.29, 1.82) is 0 Å². The van der Waals surface area contributed by atoms with Crippen molar-refractivity contribution in [2.24, 2.45) is 0 Å². The van der Waals surface area contributed by atoms with Crippen molar-refractivity contribution in [2.45, 2.75) is 49.3 Å². The Labute approximate surface area is 217 Å². The number of hydrogen-bond acceptors (Lipinski definition) is 10. The smallest absolute Gasteiger partial charge is 0.382 e. The van der Waals surface area contributed by atoms with E-state index in [-0.39, 0.29) is 23.0 Å². The fraction of sp³-hybridized carbons (Fsp3) is 0.381. The molecular formula is C21H26N2O10S4. The number of rotatable bonds is 12. The summed E-state index contributed by atoms with van der Waals surface area (Å²) in [5.74, 6) is -0.857. The molecule has 0 fully saturated rings. The van der Waals surface area contributed by atoms with Crippen LogP contribution in [0.1, 0.15) is 39.5 Å². The average molecular weight is 595 g/mol. The van der Waals surface area contributed by atoms with Gasteiger partial charge in [0.2, 0.25) is 0 Å². The molecule has 2 aromatic rings. The Morgan fingerprint density at radius 1 is 0.649 bits per heavy atom. The van der Waals surface area contributed by atoms with Gasteiger partial charge >= 0.3 is 24.6 Å². The van der Waals surface area contributed by atoms with Crippen molar-refractivity contribution in [3.63, 3.8) is 0 Å². The molecule has 0 spiro atoms. The molecule has 0 aliphatic rings. The van der Waals surface area contributed by atoms with E-state index >= 15 is 0 Å². The lowest BCUT2D eigenvalue weighted by Crippen LogP contribution is -2.26. The van der Waals surface area contributed by atoms with Gasteiger partial charge in [-0.25, -0.2) is 16.8 Å². The highest BCUT2D eigenvalue weighted by molar-refractivity contribution is 8.31. The van der Waals surface area contributed by atoms with Crippen molar-refractivity contribution in [3.05, 3.63) is 54.1 Å². The largest absolute Gasteiger partial charge is 0.504 e. The molecule has 0 unspecified atom stereocenters. The minimum Gasteiger partial charge on any atom is -0.382 e. The second-order valence-electron chi connectivity index (χ2n) is 7.71. The molecule has 0 radical (unpaired) electrons. The van der Waals surface area contributed by atoms with Gasteiger partial charge in [-0.2, -0.15) is 16.8 Å². The third-order valence-electron chi connectivity index (χ3n) is 4.75. The van der Waals surface area contributed by atoms with Crippen LogP contribution in [0, 0.1) is 0 Å². The summed E-state index contributed by atoms with van der Waals surface area (Å²) in [5.41, 5.74) is 9.32. The van der Waals surface area contributed by atoms with Crippen LogP contribution in [0.4, 0.5) is 0 Å². The monoisotopic (exact) mass is 594 g/mol. The number of benzene rings is 2. The molecule has 0 saturated carbocycles. The number of sulfone groups is 2. The highest BCUT2D eigenvalue weighted by atomic mass is 32.3. The lowest BCUT2D eigenvalue weighted by Gasteiger charge is -2.08. The van der Waals surface area contributed by atoms with Crippen LogP contribution in [-0.4, -0.2) is 54.3 Å². The van der Waals surface area contributed by atoms with E-state index in [1.807, 2.05) is 0 Å². The van der Waals surface area contributed by atoms with Crippen molar-refractivity contribution >= 4 is 44.3 Å². The molecule has 0 N–H and O–H groups in total. The van der Waals surface area contributed by atoms with E-state index in [1.165, 1.54) is 0 Å². The Kier molecular flexibility index (Phi) is 10.0. The molecule has 0 aliphatic heterocycles. The first-order chi connectivity index (χ1) is 17.2. The van der Waals surface area contributed by atoms with E-state index in [0.717, 1.165) is 48.5 Å². The molecule has 37 heavy (non-hydrogen) atoms. The zero-order valence-electron chi connectivity index (χ0n) is 20.0. The third kappa shape index (κ3) is 8.10. The van der Waals surface area contributed by atoms with E-state index in [0.29, 0.717) is 25.7 Å². The Morgan fingerprint density at radius 3 is 1.24 bits per heavy atom. The van der Waals surface area contributed by atoms with E-state index < -0.39 is 54.1 Å². The fourth-order valence-corrected chi connectivity index (χ4v) is 8.42. The Morgan fingerprint density at radius 2 is 0.973 bits per heavy atom. The summed E-state index contributed by atoms with van der Waals surface area (Å²) >= 11 is 0. The van der Waals surface area contributed by atoms with Gasteiger partial charge in [-0.05, 0) is 61.4 Å². The molecule has 0 aromatic heterocycles. The topological polar surface area (TPSA) is 191 Å². The van der Waals surface area contributed by atoms with Crippen LogP contribution in [0.25, 0.3) is 5.53 Å². The maximum Gasteiger partial charge on any atom is 0.504 e. The molecule has 12 nitrogen and oxygen atoms in total. The Balaban J connectivity index is 2.31. The normalized spacial score (nSPS) is 12.5. The number of nitrogens with zero attached hydrogens (tertiary/aromatic N) is 2. The molecule has 16 heteroatoms. The molecule has 0 amide bonds. The summed E-state index contributed by atoms with van der Waals surface area (Å²) in [7, 11) is -17.6. The minimum atomic E-state index is -4.90. The Bertz CT molecular complexity index is 1460. The minimum absolute atomic E-state index is 0.190. The molecule has 2 aromatic carbocycles. The molecule has 0 bridgehead atoms. The predicted molar refractivity (Wildman–Crippen MR) is 135 cm³/mol. The summed E-state index contributed by atoms with van der Waals surface area (Å²) in [6, 6.07) is 7.67. The molecule has 0 aliphatic carbocycles. The van der Waals surface area contributed by atoms with E-state index in [1.54, 1.807) is 13.8 Å². The lowest BCUT2D eigenvalue weighted by atomic mass is 10.3. The van der Waals surface area contributed by atoms with Gasteiger partial charge in [-0.1, -0.05) is 26.7 Å². The number of hydrogen-bond donors (Lipinski definition) is 0. The Hall–Kier alpha value is -2.78. The molecule has 0 atom stereocenters. The van der Waals surface area contributed by atoms with Gasteiger partial charge < -0.3 is 13.9 Å². The van der Waals surface area contributed by atoms with Crippen LogP contribution >= 0.6 is 0 Å². The second-order valence-corrected chi connectivity index (χ2v) is 15.1. The van der Waals surface area contributed by atoms with Gasteiger partial charge in [-0.15, -0.1) is 4.79 Å². The zero-order valence-corrected chi connectivity index (χ0v) is 23.2. The second kappa shape index (κ2) is 12.2.